The highest BCUT2D eigenvalue weighted by Gasteiger charge is 2.46. The molecule has 0 heterocycles. The van der Waals surface area contributed by atoms with Crippen LogP contribution in [0.15, 0.2) is 24.3 Å². The van der Waals surface area contributed by atoms with Gasteiger partial charge in [-0.3, -0.25) is 4.79 Å². The van der Waals surface area contributed by atoms with Crippen molar-refractivity contribution in [2.75, 3.05) is 6.61 Å². The van der Waals surface area contributed by atoms with Crippen molar-refractivity contribution in [3.05, 3.63) is 29.8 Å². The zero-order valence-corrected chi connectivity index (χ0v) is 13.6. The molecule has 1 fully saturated rings. The topological polar surface area (TPSA) is 83.8 Å². The highest BCUT2D eigenvalue weighted by Crippen LogP contribution is 2.35. The van der Waals surface area contributed by atoms with Crippen molar-refractivity contribution in [3.8, 4) is 5.75 Å². The van der Waals surface area contributed by atoms with Gasteiger partial charge < -0.3 is 14.9 Å². The van der Waals surface area contributed by atoms with Crippen molar-refractivity contribution >= 4 is 11.8 Å². The Bertz CT molecular complexity index is 575. The predicted octanol–water partition coefficient (Wildman–Crippen LogP) is 2.91. The third-order valence-corrected chi connectivity index (χ3v) is 4.50. The Kier molecular flexibility index (Phi) is 5.42. The molecule has 23 heavy (non-hydrogen) atoms. The number of carbonyl (C=O) groups is 2. The SMILES string of the molecule is CC(C)C(=O)c1cccc(OCC(O)(C(=O)O)C2CCCC2)c1. The third kappa shape index (κ3) is 3.91. The number of aliphatic hydroxyl groups is 1. The van der Waals surface area contributed by atoms with Gasteiger partial charge in [-0.25, -0.2) is 4.79 Å². The summed E-state index contributed by atoms with van der Waals surface area (Å²) in [5, 5.41) is 19.9. The number of carboxylic acid groups (broad SMARTS) is 1. The summed E-state index contributed by atoms with van der Waals surface area (Å²) < 4.78 is 5.53. The van der Waals surface area contributed by atoms with Crippen LogP contribution >= 0.6 is 0 Å². The zero-order valence-electron chi connectivity index (χ0n) is 13.6. The van der Waals surface area contributed by atoms with Gasteiger partial charge >= 0.3 is 5.97 Å². The molecule has 0 bridgehead atoms. The van der Waals surface area contributed by atoms with Gasteiger partial charge in [0.25, 0.3) is 0 Å². The van der Waals surface area contributed by atoms with Gasteiger partial charge in [0.2, 0.25) is 0 Å². The number of aliphatic carboxylic acids is 1. The number of ether oxygens (including phenoxy) is 1. The molecule has 0 spiro atoms. The Hall–Kier alpha value is -1.88. The summed E-state index contributed by atoms with van der Waals surface area (Å²) in [4.78, 5) is 23.5. The van der Waals surface area contributed by atoms with E-state index in [1.54, 1.807) is 24.3 Å². The van der Waals surface area contributed by atoms with Crippen LogP contribution in [0.1, 0.15) is 49.9 Å². The first-order chi connectivity index (χ1) is 10.8. The average molecular weight is 320 g/mol. The molecule has 1 atom stereocenters. The summed E-state index contributed by atoms with van der Waals surface area (Å²) in [6, 6.07) is 6.66. The van der Waals surface area contributed by atoms with Gasteiger partial charge in [-0.1, -0.05) is 38.8 Å². The number of Topliss-reactive ketones (excluding diaryl/α,β-unsaturated/α-hetero) is 1. The second-order valence-corrected chi connectivity index (χ2v) is 6.55. The molecule has 5 nitrogen and oxygen atoms in total. The molecule has 1 saturated carbocycles. The van der Waals surface area contributed by atoms with Crippen LogP contribution in [-0.4, -0.2) is 34.2 Å². The lowest BCUT2D eigenvalue weighted by molar-refractivity contribution is -0.169. The van der Waals surface area contributed by atoms with Crippen molar-refractivity contribution in [2.45, 2.75) is 45.1 Å². The van der Waals surface area contributed by atoms with Gasteiger partial charge in [0, 0.05) is 17.4 Å². The van der Waals surface area contributed by atoms with E-state index in [1.807, 2.05) is 13.8 Å². The standard InChI is InChI=1S/C18H24O5/c1-12(2)16(19)13-6-5-9-15(10-13)23-11-18(22,17(20)21)14-7-3-4-8-14/h5-6,9-10,12,14,22H,3-4,7-8,11H2,1-2H3,(H,20,21). The molecule has 0 amide bonds. The molecule has 5 heteroatoms. The predicted molar refractivity (Wildman–Crippen MR) is 85.6 cm³/mol. The summed E-state index contributed by atoms with van der Waals surface area (Å²) in [5.74, 6) is -1.27. The lowest BCUT2D eigenvalue weighted by Crippen LogP contribution is -2.50. The van der Waals surface area contributed by atoms with E-state index in [4.69, 9.17) is 4.74 Å². The van der Waals surface area contributed by atoms with Crippen molar-refractivity contribution in [2.24, 2.45) is 11.8 Å². The molecule has 0 saturated heterocycles. The van der Waals surface area contributed by atoms with Crippen LogP contribution in [0.5, 0.6) is 5.75 Å². The molecule has 1 aromatic rings. The fraction of sp³-hybridized carbons (Fsp3) is 0.556. The van der Waals surface area contributed by atoms with Gasteiger partial charge in [0.15, 0.2) is 11.4 Å². The Morgan fingerprint density at radius 1 is 1.30 bits per heavy atom. The van der Waals surface area contributed by atoms with E-state index in [-0.39, 0.29) is 24.2 Å². The Morgan fingerprint density at radius 3 is 2.52 bits per heavy atom. The highest BCUT2D eigenvalue weighted by molar-refractivity contribution is 5.97. The van der Waals surface area contributed by atoms with Gasteiger partial charge in [0.05, 0.1) is 0 Å². The molecule has 126 valence electrons. The molecule has 0 aliphatic heterocycles. The van der Waals surface area contributed by atoms with Gasteiger partial charge in [-0.05, 0) is 25.0 Å². The first kappa shape index (κ1) is 17.5. The summed E-state index contributed by atoms with van der Waals surface area (Å²) >= 11 is 0. The Labute approximate surface area is 136 Å². The van der Waals surface area contributed by atoms with E-state index in [1.165, 1.54) is 0 Å². The molecule has 2 rings (SSSR count). The molecular formula is C18H24O5. The van der Waals surface area contributed by atoms with Gasteiger partial charge in [-0.15, -0.1) is 0 Å². The van der Waals surface area contributed by atoms with E-state index in [0.717, 1.165) is 12.8 Å². The van der Waals surface area contributed by atoms with Crippen molar-refractivity contribution in [1.82, 2.24) is 0 Å². The Balaban J connectivity index is 2.10. The van der Waals surface area contributed by atoms with Crippen LogP contribution in [0.3, 0.4) is 0 Å². The van der Waals surface area contributed by atoms with E-state index in [0.29, 0.717) is 24.2 Å². The molecule has 2 N–H and O–H groups in total. The van der Waals surface area contributed by atoms with Crippen molar-refractivity contribution < 1.29 is 24.5 Å². The van der Waals surface area contributed by atoms with E-state index in [2.05, 4.69) is 0 Å². The summed E-state index contributed by atoms with van der Waals surface area (Å²) in [7, 11) is 0. The van der Waals surface area contributed by atoms with E-state index >= 15 is 0 Å². The number of hydrogen-bond donors (Lipinski definition) is 2. The number of benzene rings is 1. The maximum Gasteiger partial charge on any atom is 0.339 e. The van der Waals surface area contributed by atoms with Crippen LogP contribution < -0.4 is 4.74 Å². The minimum Gasteiger partial charge on any atom is -0.490 e. The zero-order chi connectivity index (χ0) is 17.0. The van der Waals surface area contributed by atoms with Gasteiger partial charge in [-0.2, -0.15) is 0 Å². The largest absolute Gasteiger partial charge is 0.490 e. The lowest BCUT2D eigenvalue weighted by atomic mass is 9.86. The smallest absolute Gasteiger partial charge is 0.339 e. The molecule has 0 radical (unpaired) electrons. The second kappa shape index (κ2) is 7.13. The normalized spacial score (nSPS) is 17.9. The summed E-state index contributed by atoms with van der Waals surface area (Å²) in [5.41, 5.74) is -1.36. The van der Waals surface area contributed by atoms with E-state index in [9.17, 15) is 19.8 Å². The quantitative estimate of drug-likeness (QED) is 0.755. The fourth-order valence-corrected chi connectivity index (χ4v) is 3.02. The Morgan fingerprint density at radius 2 is 1.96 bits per heavy atom. The van der Waals surface area contributed by atoms with Gasteiger partial charge in [0.1, 0.15) is 12.4 Å². The van der Waals surface area contributed by atoms with E-state index < -0.39 is 11.6 Å². The monoisotopic (exact) mass is 320 g/mol. The third-order valence-electron chi connectivity index (χ3n) is 4.50. The summed E-state index contributed by atoms with van der Waals surface area (Å²) in [6.45, 7) is 3.32. The maximum atomic E-state index is 12.0. The lowest BCUT2D eigenvalue weighted by Gasteiger charge is -2.29. The van der Waals surface area contributed by atoms with Crippen molar-refractivity contribution in [1.29, 1.82) is 0 Å². The molecule has 0 aromatic heterocycles. The highest BCUT2D eigenvalue weighted by atomic mass is 16.5. The van der Waals surface area contributed by atoms with Crippen LogP contribution in [0, 0.1) is 11.8 Å². The van der Waals surface area contributed by atoms with Crippen molar-refractivity contribution in [3.63, 3.8) is 0 Å². The number of carbonyl (C=O) groups excluding carboxylic acids is 1. The number of ketones is 1. The number of rotatable bonds is 7. The number of hydrogen-bond acceptors (Lipinski definition) is 4. The number of carboxylic acids is 1. The fourth-order valence-electron chi connectivity index (χ4n) is 3.02. The first-order valence-corrected chi connectivity index (χ1v) is 8.07. The second-order valence-electron chi connectivity index (χ2n) is 6.55. The first-order valence-electron chi connectivity index (χ1n) is 8.07. The minimum absolute atomic E-state index is 0.000241. The molecule has 1 aromatic carbocycles. The van der Waals surface area contributed by atoms with Crippen LogP contribution in [0.2, 0.25) is 0 Å². The maximum absolute atomic E-state index is 12.0. The minimum atomic E-state index is -1.88. The van der Waals surface area contributed by atoms with Crippen LogP contribution in [0.25, 0.3) is 0 Å². The molecule has 1 aliphatic rings. The molecular weight excluding hydrogens is 296 g/mol. The van der Waals surface area contributed by atoms with Crippen LogP contribution in [-0.2, 0) is 4.79 Å². The van der Waals surface area contributed by atoms with Crippen LogP contribution in [0.4, 0.5) is 0 Å². The molecule has 1 aliphatic carbocycles. The summed E-state index contributed by atoms with van der Waals surface area (Å²) in [6.07, 6.45) is 3.24. The average Bonchev–Trinajstić information content (AvgIpc) is 3.06. The molecule has 1 unspecified atom stereocenters.